The minimum absolute atomic E-state index is 0.0352. The molecule has 0 aliphatic heterocycles. The highest BCUT2D eigenvalue weighted by molar-refractivity contribution is 7.86. The van der Waals surface area contributed by atoms with Crippen LogP contribution in [0.2, 0.25) is 0 Å². The third-order valence-corrected chi connectivity index (χ3v) is 3.40. The number of hydrogen-bond acceptors (Lipinski definition) is 4. The zero-order valence-electron chi connectivity index (χ0n) is 12.4. The van der Waals surface area contributed by atoms with Gasteiger partial charge in [0.2, 0.25) is 0 Å². The van der Waals surface area contributed by atoms with Gasteiger partial charge in [0.15, 0.2) is 5.75 Å². The molecule has 5 nitrogen and oxygen atoms in total. The van der Waals surface area contributed by atoms with Gasteiger partial charge in [-0.05, 0) is 30.2 Å². The second-order valence-corrected chi connectivity index (χ2v) is 6.53. The van der Waals surface area contributed by atoms with Crippen molar-refractivity contribution in [2.75, 3.05) is 6.26 Å². The molecule has 0 bridgehead atoms. The first-order valence-electron chi connectivity index (χ1n) is 6.67. The van der Waals surface area contributed by atoms with E-state index in [1.165, 1.54) is 6.07 Å². The predicted octanol–water partition coefficient (Wildman–Crippen LogP) is 2.26. The first-order valence-corrected chi connectivity index (χ1v) is 8.49. The molecule has 0 spiro atoms. The van der Waals surface area contributed by atoms with E-state index in [2.05, 4.69) is 5.32 Å². The molecule has 22 heavy (non-hydrogen) atoms. The lowest BCUT2D eigenvalue weighted by atomic mass is 10.1. The molecule has 0 atom stereocenters. The van der Waals surface area contributed by atoms with Gasteiger partial charge >= 0.3 is 10.1 Å². The summed E-state index contributed by atoms with van der Waals surface area (Å²) in [5.74, 6) is -0.351. The molecule has 1 N–H and O–H groups in total. The molecule has 0 aliphatic carbocycles. The van der Waals surface area contributed by atoms with Crippen molar-refractivity contribution in [3.63, 3.8) is 0 Å². The van der Waals surface area contributed by atoms with Crippen molar-refractivity contribution in [1.82, 2.24) is 5.32 Å². The highest BCUT2D eigenvalue weighted by Crippen LogP contribution is 2.22. The van der Waals surface area contributed by atoms with Gasteiger partial charge in [-0.15, -0.1) is 0 Å². The number of rotatable bonds is 5. The summed E-state index contributed by atoms with van der Waals surface area (Å²) < 4.78 is 27.5. The average molecular weight is 319 g/mol. The van der Waals surface area contributed by atoms with Crippen LogP contribution < -0.4 is 9.50 Å². The molecule has 1 amide bonds. The van der Waals surface area contributed by atoms with Crippen LogP contribution in [-0.4, -0.2) is 20.6 Å². The molecule has 2 aromatic carbocycles. The molecule has 116 valence electrons. The van der Waals surface area contributed by atoms with Gasteiger partial charge in [-0.25, -0.2) is 0 Å². The standard InChI is InChI=1S/C16H17NO4S/c1-12-8-9-14(15(10-12)21-22(2,19)20)16(18)17-11-13-6-4-3-5-7-13/h3-10H,11H2,1-2H3,(H,17,18). The highest BCUT2D eigenvalue weighted by Gasteiger charge is 2.16. The van der Waals surface area contributed by atoms with E-state index in [1.807, 2.05) is 30.3 Å². The van der Waals surface area contributed by atoms with Crippen molar-refractivity contribution in [3.8, 4) is 5.75 Å². The van der Waals surface area contributed by atoms with E-state index in [-0.39, 0.29) is 17.2 Å². The number of carbonyl (C=O) groups excluding carboxylic acids is 1. The normalized spacial score (nSPS) is 11.0. The number of nitrogens with one attached hydrogen (secondary N) is 1. The van der Waals surface area contributed by atoms with Crippen molar-refractivity contribution in [3.05, 3.63) is 65.2 Å². The fourth-order valence-electron chi connectivity index (χ4n) is 1.92. The van der Waals surface area contributed by atoms with E-state index in [1.54, 1.807) is 19.1 Å². The van der Waals surface area contributed by atoms with Crippen LogP contribution in [0, 0.1) is 6.92 Å². The van der Waals surface area contributed by atoms with Crippen molar-refractivity contribution in [2.45, 2.75) is 13.5 Å². The number of aryl methyl sites for hydroxylation is 1. The van der Waals surface area contributed by atoms with E-state index < -0.39 is 10.1 Å². The Morgan fingerprint density at radius 2 is 1.82 bits per heavy atom. The Morgan fingerprint density at radius 3 is 2.45 bits per heavy atom. The first-order chi connectivity index (χ1) is 10.3. The summed E-state index contributed by atoms with van der Waals surface area (Å²) in [7, 11) is -3.70. The quantitative estimate of drug-likeness (QED) is 0.858. The van der Waals surface area contributed by atoms with E-state index >= 15 is 0 Å². The maximum absolute atomic E-state index is 12.3. The number of amides is 1. The minimum Gasteiger partial charge on any atom is -0.382 e. The second-order valence-electron chi connectivity index (χ2n) is 4.96. The highest BCUT2D eigenvalue weighted by atomic mass is 32.2. The van der Waals surface area contributed by atoms with E-state index in [0.717, 1.165) is 17.4 Å². The second kappa shape index (κ2) is 6.62. The lowest BCUT2D eigenvalue weighted by Crippen LogP contribution is -2.24. The van der Waals surface area contributed by atoms with Crippen LogP contribution in [-0.2, 0) is 16.7 Å². The van der Waals surface area contributed by atoms with Crippen LogP contribution in [0.15, 0.2) is 48.5 Å². The van der Waals surface area contributed by atoms with Gasteiger partial charge in [0, 0.05) is 6.54 Å². The summed E-state index contributed by atoms with van der Waals surface area (Å²) in [6.45, 7) is 2.15. The van der Waals surface area contributed by atoms with Gasteiger partial charge < -0.3 is 9.50 Å². The predicted molar refractivity (Wildman–Crippen MR) is 84.3 cm³/mol. The molecule has 2 aromatic rings. The molecule has 0 aliphatic rings. The lowest BCUT2D eigenvalue weighted by molar-refractivity contribution is 0.0949. The van der Waals surface area contributed by atoms with Gasteiger partial charge in [0.25, 0.3) is 5.91 Å². The fourth-order valence-corrected chi connectivity index (χ4v) is 2.39. The van der Waals surface area contributed by atoms with Crippen LogP contribution in [0.3, 0.4) is 0 Å². The van der Waals surface area contributed by atoms with Crippen LogP contribution in [0.1, 0.15) is 21.5 Å². The molecule has 0 aromatic heterocycles. The Hall–Kier alpha value is -2.34. The Balaban J connectivity index is 2.18. The van der Waals surface area contributed by atoms with Gasteiger partial charge in [-0.2, -0.15) is 8.42 Å². The van der Waals surface area contributed by atoms with Gasteiger partial charge in [0.1, 0.15) is 0 Å². The third kappa shape index (κ3) is 4.60. The molecule has 0 saturated carbocycles. The molecular formula is C16H17NO4S. The summed E-state index contributed by atoms with van der Waals surface area (Å²) in [5.41, 5.74) is 1.94. The maximum atomic E-state index is 12.3. The third-order valence-electron chi connectivity index (χ3n) is 2.92. The molecule has 0 fully saturated rings. The Labute approximate surface area is 130 Å². The fraction of sp³-hybridized carbons (Fsp3) is 0.188. The van der Waals surface area contributed by atoms with Crippen molar-refractivity contribution in [1.29, 1.82) is 0 Å². The van der Waals surface area contributed by atoms with E-state index in [9.17, 15) is 13.2 Å². The van der Waals surface area contributed by atoms with Crippen molar-refractivity contribution >= 4 is 16.0 Å². The topological polar surface area (TPSA) is 72.5 Å². The van der Waals surface area contributed by atoms with Crippen LogP contribution in [0.5, 0.6) is 5.75 Å². The molecule has 0 unspecified atom stereocenters. The summed E-state index contributed by atoms with van der Waals surface area (Å²) in [5, 5.41) is 2.75. The van der Waals surface area contributed by atoms with Gasteiger partial charge in [-0.1, -0.05) is 36.4 Å². The summed E-state index contributed by atoms with van der Waals surface area (Å²) in [6.07, 6.45) is 0.945. The average Bonchev–Trinajstić information content (AvgIpc) is 2.44. The zero-order chi connectivity index (χ0) is 16.2. The molecule has 2 rings (SSSR count). The Kier molecular flexibility index (Phi) is 4.82. The molecule has 0 radical (unpaired) electrons. The lowest BCUT2D eigenvalue weighted by Gasteiger charge is -2.11. The molecule has 0 heterocycles. The summed E-state index contributed by atoms with van der Waals surface area (Å²) in [4.78, 5) is 12.3. The van der Waals surface area contributed by atoms with Gasteiger partial charge in [0.05, 0.1) is 11.8 Å². The van der Waals surface area contributed by atoms with Crippen LogP contribution in [0.25, 0.3) is 0 Å². The monoisotopic (exact) mass is 319 g/mol. The molecule has 6 heteroatoms. The van der Waals surface area contributed by atoms with Crippen LogP contribution >= 0.6 is 0 Å². The summed E-state index contributed by atoms with van der Waals surface area (Å²) in [6, 6.07) is 14.2. The molecule has 0 saturated heterocycles. The van der Waals surface area contributed by atoms with Crippen molar-refractivity contribution in [2.24, 2.45) is 0 Å². The maximum Gasteiger partial charge on any atom is 0.306 e. The SMILES string of the molecule is Cc1ccc(C(=O)NCc2ccccc2)c(OS(C)(=O)=O)c1. The van der Waals surface area contributed by atoms with E-state index in [4.69, 9.17) is 4.18 Å². The first kappa shape index (κ1) is 16.0. The summed E-state index contributed by atoms with van der Waals surface area (Å²) >= 11 is 0. The smallest absolute Gasteiger partial charge is 0.306 e. The van der Waals surface area contributed by atoms with E-state index in [0.29, 0.717) is 6.54 Å². The largest absolute Gasteiger partial charge is 0.382 e. The van der Waals surface area contributed by atoms with Crippen LogP contribution in [0.4, 0.5) is 0 Å². The van der Waals surface area contributed by atoms with Gasteiger partial charge in [-0.3, -0.25) is 4.79 Å². The number of hydrogen-bond donors (Lipinski definition) is 1. The zero-order valence-corrected chi connectivity index (χ0v) is 13.2. The Morgan fingerprint density at radius 1 is 1.14 bits per heavy atom. The van der Waals surface area contributed by atoms with Crippen molar-refractivity contribution < 1.29 is 17.4 Å². The number of carbonyl (C=O) groups is 1. The molecular weight excluding hydrogens is 302 g/mol. The number of benzene rings is 2. The Bertz CT molecular complexity index is 770. The minimum atomic E-state index is -3.70.